The van der Waals surface area contributed by atoms with Crippen molar-refractivity contribution in [2.24, 2.45) is 0 Å². The summed E-state index contributed by atoms with van der Waals surface area (Å²) < 4.78 is 11.3. The van der Waals surface area contributed by atoms with Crippen molar-refractivity contribution >= 4 is 18.0 Å². The van der Waals surface area contributed by atoms with Gasteiger partial charge in [0.15, 0.2) is 5.69 Å². The van der Waals surface area contributed by atoms with Gasteiger partial charge < -0.3 is 9.47 Å². The Bertz CT molecular complexity index is 876. The number of esters is 2. The molecule has 0 N–H and O–H groups in total. The minimum atomic E-state index is -0.810. The predicted octanol–water partition coefficient (Wildman–Crippen LogP) is 2.69. The molecule has 2 aromatic rings. The van der Waals surface area contributed by atoms with E-state index in [1.54, 1.807) is 31.3 Å². The summed E-state index contributed by atoms with van der Waals surface area (Å²) in [6, 6.07) is 10.9. The third-order valence-electron chi connectivity index (χ3n) is 3.20. The van der Waals surface area contributed by atoms with Crippen LogP contribution in [0, 0.1) is 11.3 Å². The van der Waals surface area contributed by atoms with Gasteiger partial charge in [0.25, 0.3) is 0 Å². The number of aromatic nitrogens is 2. The van der Waals surface area contributed by atoms with Gasteiger partial charge in [-0.15, -0.1) is 0 Å². The van der Waals surface area contributed by atoms with Crippen LogP contribution in [0.25, 0.3) is 11.8 Å². The third-order valence-corrected chi connectivity index (χ3v) is 3.20. The summed E-state index contributed by atoms with van der Waals surface area (Å²) in [4.78, 5) is 24.1. The Labute approximate surface area is 150 Å². The maximum Gasteiger partial charge on any atom is 0.359 e. The topological polar surface area (TPSA) is 94.2 Å². The van der Waals surface area contributed by atoms with Crippen molar-refractivity contribution in [3.63, 3.8) is 0 Å². The van der Waals surface area contributed by atoms with Gasteiger partial charge in [0.2, 0.25) is 0 Å². The Morgan fingerprint density at radius 1 is 1.31 bits per heavy atom. The molecule has 0 aliphatic carbocycles. The molecule has 1 aromatic carbocycles. The Morgan fingerprint density at radius 3 is 2.65 bits per heavy atom. The fourth-order valence-electron chi connectivity index (χ4n) is 2.07. The van der Waals surface area contributed by atoms with Gasteiger partial charge in [0.1, 0.15) is 18.2 Å². The molecule has 7 heteroatoms. The van der Waals surface area contributed by atoms with E-state index >= 15 is 0 Å². The van der Waals surface area contributed by atoms with Gasteiger partial charge >= 0.3 is 11.9 Å². The number of hydrogen-bond donors (Lipinski definition) is 0. The quantitative estimate of drug-likeness (QED) is 0.329. The molecule has 0 bridgehead atoms. The molecule has 0 spiro atoms. The number of nitriles is 1. The van der Waals surface area contributed by atoms with E-state index in [9.17, 15) is 14.9 Å². The smallest absolute Gasteiger partial charge is 0.359 e. The van der Waals surface area contributed by atoms with Crippen molar-refractivity contribution in [3.05, 3.63) is 66.0 Å². The fraction of sp³-hybridized carbons (Fsp3) is 0.158. The van der Waals surface area contributed by atoms with E-state index in [0.29, 0.717) is 5.69 Å². The molecule has 0 saturated heterocycles. The fourth-order valence-corrected chi connectivity index (χ4v) is 2.07. The van der Waals surface area contributed by atoms with Crippen molar-refractivity contribution in [3.8, 4) is 11.8 Å². The largest absolute Gasteiger partial charge is 0.461 e. The summed E-state index contributed by atoms with van der Waals surface area (Å²) in [5, 5.41) is 13.5. The molecule has 26 heavy (non-hydrogen) atoms. The third kappa shape index (κ3) is 4.45. The van der Waals surface area contributed by atoms with Crippen molar-refractivity contribution < 1.29 is 19.1 Å². The average molecular weight is 351 g/mol. The highest BCUT2D eigenvalue weighted by Gasteiger charge is 2.20. The summed E-state index contributed by atoms with van der Waals surface area (Å²) in [6.07, 6.45) is 4.19. The van der Waals surface area contributed by atoms with Crippen LogP contribution in [-0.4, -0.2) is 34.9 Å². The number of rotatable bonds is 7. The molecular formula is C19H17N3O4. The maximum absolute atomic E-state index is 12.2. The first-order chi connectivity index (χ1) is 12.6. The summed E-state index contributed by atoms with van der Waals surface area (Å²) in [7, 11) is 0. The van der Waals surface area contributed by atoms with Crippen LogP contribution in [0.3, 0.4) is 0 Å². The highest BCUT2D eigenvalue weighted by atomic mass is 16.5. The molecule has 0 fully saturated rings. The van der Waals surface area contributed by atoms with E-state index in [1.165, 1.54) is 16.8 Å². The van der Waals surface area contributed by atoms with Crippen LogP contribution in [0.2, 0.25) is 0 Å². The van der Waals surface area contributed by atoms with Crippen molar-refractivity contribution in [2.75, 3.05) is 13.2 Å². The predicted molar refractivity (Wildman–Crippen MR) is 94.3 cm³/mol. The van der Waals surface area contributed by atoms with Crippen LogP contribution < -0.4 is 0 Å². The van der Waals surface area contributed by atoms with Gasteiger partial charge in [-0.2, -0.15) is 10.4 Å². The molecule has 0 aliphatic rings. The van der Waals surface area contributed by atoms with E-state index in [4.69, 9.17) is 9.47 Å². The van der Waals surface area contributed by atoms with E-state index in [1.807, 2.05) is 18.2 Å². The number of ether oxygens (including phenoxy) is 2. The molecule has 7 nitrogen and oxygen atoms in total. The number of carbonyl (C=O) groups excluding carboxylic acids is 2. The molecule has 2 rings (SSSR count). The Morgan fingerprint density at radius 2 is 2.04 bits per heavy atom. The molecule has 0 unspecified atom stereocenters. The summed E-state index contributed by atoms with van der Waals surface area (Å²) in [5.41, 5.74) is 0.731. The highest BCUT2D eigenvalue weighted by Crippen LogP contribution is 2.17. The van der Waals surface area contributed by atoms with Gasteiger partial charge in [-0.05, 0) is 25.1 Å². The minimum absolute atomic E-state index is 0.0000243. The van der Waals surface area contributed by atoms with E-state index < -0.39 is 11.9 Å². The highest BCUT2D eigenvalue weighted by molar-refractivity contribution is 6.00. The second-order valence-electron chi connectivity index (χ2n) is 4.99. The lowest BCUT2D eigenvalue weighted by atomic mass is 10.1. The Hall–Kier alpha value is -3.66. The lowest BCUT2D eigenvalue weighted by Crippen LogP contribution is -2.09. The van der Waals surface area contributed by atoms with E-state index in [0.717, 1.165) is 0 Å². The summed E-state index contributed by atoms with van der Waals surface area (Å²) in [5.74, 6) is -1.46. The standard InChI is InChI=1S/C19H17N3O4/c1-3-10-26-18(23)14(12-20)11-15-13-22(16-8-6-5-7-9-16)21-17(15)19(24)25-4-2/h3,5-9,11,13H,1,4,10H2,2H3. The Balaban J connectivity index is 2.48. The van der Waals surface area contributed by atoms with Crippen molar-refractivity contribution in [2.45, 2.75) is 6.92 Å². The first-order valence-corrected chi connectivity index (χ1v) is 7.82. The van der Waals surface area contributed by atoms with Gasteiger partial charge in [-0.3, -0.25) is 0 Å². The van der Waals surface area contributed by atoms with E-state index in [-0.39, 0.29) is 30.0 Å². The van der Waals surface area contributed by atoms with Crippen LogP contribution in [0.15, 0.2) is 54.8 Å². The van der Waals surface area contributed by atoms with Crippen LogP contribution in [-0.2, 0) is 14.3 Å². The zero-order valence-electron chi connectivity index (χ0n) is 14.2. The monoisotopic (exact) mass is 351 g/mol. The van der Waals surface area contributed by atoms with Crippen LogP contribution in [0.1, 0.15) is 23.0 Å². The first-order valence-electron chi connectivity index (χ1n) is 7.82. The second-order valence-corrected chi connectivity index (χ2v) is 4.99. The Kier molecular flexibility index (Phi) is 6.46. The second kappa shape index (κ2) is 8.99. The summed E-state index contributed by atoms with van der Waals surface area (Å²) >= 11 is 0. The maximum atomic E-state index is 12.2. The van der Waals surface area contributed by atoms with Crippen molar-refractivity contribution in [1.82, 2.24) is 9.78 Å². The summed E-state index contributed by atoms with van der Waals surface area (Å²) in [6.45, 7) is 5.27. The molecule has 0 atom stereocenters. The lowest BCUT2D eigenvalue weighted by Gasteiger charge is -2.01. The number of nitrogens with zero attached hydrogens (tertiary/aromatic N) is 3. The van der Waals surface area contributed by atoms with Gasteiger partial charge in [0, 0.05) is 11.8 Å². The van der Waals surface area contributed by atoms with Crippen LogP contribution >= 0.6 is 0 Å². The molecule has 0 amide bonds. The normalized spacial score (nSPS) is 10.7. The number of benzene rings is 1. The molecule has 1 aromatic heterocycles. The minimum Gasteiger partial charge on any atom is -0.461 e. The number of carbonyl (C=O) groups is 2. The average Bonchev–Trinajstić information content (AvgIpc) is 3.09. The SMILES string of the molecule is C=CCOC(=O)C(C#N)=Cc1cn(-c2ccccc2)nc1C(=O)OCC. The van der Waals surface area contributed by atoms with Gasteiger partial charge in [-0.1, -0.05) is 30.9 Å². The zero-order valence-corrected chi connectivity index (χ0v) is 14.2. The zero-order chi connectivity index (χ0) is 18.9. The molecule has 0 saturated carbocycles. The van der Waals surface area contributed by atoms with E-state index in [2.05, 4.69) is 11.7 Å². The molecule has 0 radical (unpaired) electrons. The number of para-hydroxylation sites is 1. The van der Waals surface area contributed by atoms with Crippen molar-refractivity contribution in [1.29, 1.82) is 5.26 Å². The lowest BCUT2D eigenvalue weighted by molar-refractivity contribution is -0.137. The van der Waals surface area contributed by atoms with Gasteiger partial charge in [-0.25, -0.2) is 14.3 Å². The molecular weight excluding hydrogens is 334 g/mol. The van der Waals surface area contributed by atoms with Gasteiger partial charge in [0.05, 0.1) is 12.3 Å². The molecule has 0 aliphatic heterocycles. The number of hydrogen-bond acceptors (Lipinski definition) is 6. The van der Waals surface area contributed by atoms with Crippen LogP contribution in [0.4, 0.5) is 0 Å². The van der Waals surface area contributed by atoms with Crippen LogP contribution in [0.5, 0.6) is 0 Å². The first kappa shape index (κ1) is 18.7. The molecule has 1 heterocycles. The molecule has 132 valence electrons.